The quantitative estimate of drug-likeness (QED) is 0.0604. The molecule has 0 radical (unpaired) electrons. The molecular weight excluding hydrogens is 540 g/mol. The third-order valence-electron chi connectivity index (χ3n) is 12.5. The van der Waals surface area contributed by atoms with Crippen LogP contribution in [0, 0.1) is 10.8 Å². The molecule has 0 spiro atoms. The van der Waals surface area contributed by atoms with E-state index >= 15 is 0 Å². The number of unbranched alkanes of at least 4 members (excludes halogenated alkanes) is 28. The Labute approximate surface area is 288 Å². The monoisotopic (exact) mass is 631 g/mol. The first-order chi connectivity index (χ1) is 22.2. The van der Waals surface area contributed by atoms with Crippen molar-refractivity contribution in [1.29, 1.82) is 0 Å². The van der Waals surface area contributed by atoms with Gasteiger partial charge in [-0.05, 0) is 49.4 Å². The summed E-state index contributed by atoms with van der Waals surface area (Å²) in [5.74, 6) is 0. The lowest BCUT2D eigenvalue weighted by molar-refractivity contribution is 0.0208. The average Bonchev–Trinajstić information content (AvgIpc) is 3.39. The topological polar surface area (TPSA) is 0 Å². The third-order valence-corrected chi connectivity index (χ3v) is 12.5. The van der Waals surface area contributed by atoms with Crippen LogP contribution >= 0.6 is 0 Å². The molecule has 270 valence electrons. The zero-order chi connectivity index (χ0) is 32.6. The van der Waals surface area contributed by atoms with E-state index in [9.17, 15) is 0 Å². The van der Waals surface area contributed by atoms with E-state index in [0.29, 0.717) is 10.8 Å². The second-order valence-electron chi connectivity index (χ2n) is 16.3. The molecule has 0 unspecified atom stereocenters. The van der Waals surface area contributed by atoms with Crippen molar-refractivity contribution in [3.05, 3.63) is 0 Å². The van der Waals surface area contributed by atoms with Gasteiger partial charge in [0.1, 0.15) is 0 Å². The highest BCUT2D eigenvalue weighted by atomic mass is 14.6. The molecule has 1 aliphatic rings. The second-order valence-corrected chi connectivity index (χ2v) is 16.3. The first kappa shape index (κ1) is 43.0. The molecule has 0 heteroatoms. The molecule has 1 rings (SSSR count). The summed E-state index contributed by atoms with van der Waals surface area (Å²) in [6.45, 7) is 9.39. The Balaban J connectivity index is 2.81. The molecule has 0 atom stereocenters. The third kappa shape index (κ3) is 20.9. The molecule has 1 saturated carbocycles. The maximum Gasteiger partial charge on any atom is -0.0241 e. The van der Waals surface area contributed by atoms with Crippen molar-refractivity contribution >= 4 is 0 Å². The normalized spacial score (nSPS) is 15.7. The summed E-state index contributed by atoms with van der Waals surface area (Å²) >= 11 is 0. The van der Waals surface area contributed by atoms with Gasteiger partial charge in [0, 0.05) is 0 Å². The highest BCUT2D eigenvalue weighted by Gasteiger charge is 2.52. The lowest BCUT2D eigenvalue weighted by Crippen LogP contribution is -2.38. The zero-order valence-electron chi connectivity index (χ0n) is 32.6. The maximum absolute atomic E-state index is 2.35. The van der Waals surface area contributed by atoms with Crippen LogP contribution in [0.15, 0.2) is 0 Å². The molecule has 0 aliphatic heterocycles. The van der Waals surface area contributed by atoms with E-state index in [-0.39, 0.29) is 0 Å². The van der Waals surface area contributed by atoms with Crippen LogP contribution in [0.4, 0.5) is 0 Å². The molecule has 0 nitrogen and oxygen atoms in total. The molecule has 0 saturated heterocycles. The Morgan fingerprint density at radius 2 is 0.422 bits per heavy atom. The van der Waals surface area contributed by atoms with Gasteiger partial charge in [-0.2, -0.15) is 0 Å². The smallest absolute Gasteiger partial charge is 0.0241 e. The van der Waals surface area contributed by atoms with Gasteiger partial charge in [-0.25, -0.2) is 0 Å². The predicted octanol–water partition coefficient (Wildman–Crippen LogP) is 17.3. The van der Waals surface area contributed by atoms with E-state index in [1.165, 1.54) is 205 Å². The van der Waals surface area contributed by atoms with Crippen molar-refractivity contribution in [2.24, 2.45) is 10.8 Å². The maximum atomic E-state index is 2.35. The van der Waals surface area contributed by atoms with E-state index in [2.05, 4.69) is 27.7 Å². The fourth-order valence-electron chi connectivity index (χ4n) is 9.50. The predicted molar refractivity (Wildman–Crippen MR) is 208 cm³/mol. The van der Waals surface area contributed by atoms with Crippen LogP contribution < -0.4 is 0 Å². The van der Waals surface area contributed by atoms with Crippen molar-refractivity contribution in [1.82, 2.24) is 0 Å². The molecular formula is C45H90. The lowest BCUT2D eigenvalue weighted by atomic mass is 9.57. The van der Waals surface area contributed by atoms with E-state index in [4.69, 9.17) is 0 Å². The molecule has 0 aromatic rings. The fraction of sp³-hybridized carbons (Fsp3) is 1.00. The van der Waals surface area contributed by atoms with Crippen molar-refractivity contribution in [2.75, 3.05) is 0 Å². The molecule has 0 aromatic heterocycles. The van der Waals surface area contributed by atoms with Crippen LogP contribution in [0.1, 0.15) is 278 Å². The van der Waals surface area contributed by atoms with Gasteiger partial charge >= 0.3 is 0 Å². The van der Waals surface area contributed by atoms with E-state index in [1.807, 2.05) is 0 Å². The summed E-state index contributed by atoms with van der Waals surface area (Å²) in [6, 6.07) is 0. The number of rotatable bonds is 36. The van der Waals surface area contributed by atoms with Crippen molar-refractivity contribution in [3.8, 4) is 0 Å². The van der Waals surface area contributed by atoms with Gasteiger partial charge < -0.3 is 0 Å². The minimum absolute atomic E-state index is 0.680. The Morgan fingerprint density at radius 3 is 0.622 bits per heavy atom. The largest absolute Gasteiger partial charge is 0.0654 e. The SMILES string of the molecule is CCCCCCCCCCC1(CCCCCCCCCC)CCCC1(CCCCCCCCCC)CCCCCCCCCC. The van der Waals surface area contributed by atoms with Crippen LogP contribution in [0.2, 0.25) is 0 Å². The Hall–Kier alpha value is 0. The fourth-order valence-corrected chi connectivity index (χ4v) is 9.50. The van der Waals surface area contributed by atoms with Gasteiger partial charge in [-0.3, -0.25) is 0 Å². The minimum atomic E-state index is 0.680. The van der Waals surface area contributed by atoms with Crippen LogP contribution in [-0.4, -0.2) is 0 Å². The van der Waals surface area contributed by atoms with Crippen LogP contribution in [-0.2, 0) is 0 Å². The minimum Gasteiger partial charge on any atom is -0.0654 e. The molecule has 0 heterocycles. The summed E-state index contributed by atoms with van der Waals surface area (Å²) < 4.78 is 0. The molecule has 0 amide bonds. The first-order valence-electron chi connectivity index (χ1n) is 22.2. The van der Waals surface area contributed by atoms with Crippen molar-refractivity contribution < 1.29 is 0 Å². The van der Waals surface area contributed by atoms with Gasteiger partial charge in [0.2, 0.25) is 0 Å². The summed E-state index contributed by atoms with van der Waals surface area (Å²) in [4.78, 5) is 0. The number of hydrogen-bond acceptors (Lipinski definition) is 0. The molecule has 1 fully saturated rings. The van der Waals surface area contributed by atoms with Gasteiger partial charge in [-0.15, -0.1) is 0 Å². The molecule has 45 heavy (non-hydrogen) atoms. The summed E-state index contributed by atoms with van der Waals surface area (Å²) in [6.07, 6.45) is 58.2. The van der Waals surface area contributed by atoms with E-state index in [1.54, 1.807) is 44.9 Å². The van der Waals surface area contributed by atoms with E-state index in [0.717, 1.165) is 0 Å². The Bertz CT molecular complexity index is 485. The van der Waals surface area contributed by atoms with E-state index < -0.39 is 0 Å². The van der Waals surface area contributed by atoms with Gasteiger partial charge in [-0.1, -0.05) is 240 Å². The lowest BCUT2D eigenvalue weighted by Gasteiger charge is -2.48. The summed E-state index contributed by atoms with van der Waals surface area (Å²) in [7, 11) is 0. The highest BCUT2D eigenvalue weighted by Crippen LogP contribution is 2.63. The highest BCUT2D eigenvalue weighted by molar-refractivity contribution is 5.02. The van der Waals surface area contributed by atoms with Crippen LogP contribution in [0.5, 0.6) is 0 Å². The summed E-state index contributed by atoms with van der Waals surface area (Å²) in [5.41, 5.74) is 1.36. The van der Waals surface area contributed by atoms with Gasteiger partial charge in [0.25, 0.3) is 0 Å². The van der Waals surface area contributed by atoms with Crippen LogP contribution in [0.25, 0.3) is 0 Å². The van der Waals surface area contributed by atoms with Crippen molar-refractivity contribution in [3.63, 3.8) is 0 Å². The van der Waals surface area contributed by atoms with Crippen LogP contribution in [0.3, 0.4) is 0 Å². The molecule has 1 aliphatic carbocycles. The molecule has 0 N–H and O–H groups in total. The molecule has 0 aromatic carbocycles. The molecule has 0 bridgehead atoms. The number of hydrogen-bond donors (Lipinski definition) is 0. The Kier molecular flexibility index (Phi) is 29.9. The standard InChI is InChI=1S/C45H90/c1-5-9-13-17-21-25-29-33-38-44(39-34-30-26-22-18-14-10-6-2)42-37-43-45(44,40-35-31-27-23-19-15-11-7-3)41-36-32-28-24-20-16-12-8-4/h5-43H2,1-4H3. The Morgan fingerprint density at radius 1 is 0.244 bits per heavy atom. The first-order valence-corrected chi connectivity index (χ1v) is 22.2. The summed E-state index contributed by atoms with van der Waals surface area (Å²) in [5, 5.41) is 0. The average molecular weight is 631 g/mol. The zero-order valence-corrected chi connectivity index (χ0v) is 32.6. The van der Waals surface area contributed by atoms with Gasteiger partial charge in [0.15, 0.2) is 0 Å². The van der Waals surface area contributed by atoms with Gasteiger partial charge in [0.05, 0.1) is 0 Å². The second kappa shape index (κ2) is 31.3. The van der Waals surface area contributed by atoms with Crippen molar-refractivity contribution in [2.45, 2.75) is 278 Å².